The van der Waals surface area contributed by atoms with E-state index in [4.69, 9.17) is 11.6 Å². The van der Waals surface area contributed by atoms with Crippen molar-refractivity contribution in [3.8, 4) is 5.69 Å². The van der Waals surface area contributed by atoms with Crippen LogP contribution in [0.2, 0.25) is 5.02 Å². The molecule has 0 spiro atoms. The molecular formula is C22H24ClFN6. The third-order valence-electron chi connectivity index (χ3n) is 6.03. The van der Waals surface area contributed by atoms with Crippen LogP contribution in [0.15, 0.2) is 42.6 Å². The van der Waals surface area contributed by atoms with Crippen molar-refractivity contribution < 1.29 is 4.39 Å². The highest BCUT2D eigenvalue weighted by atomic mass is 35.5. The molecule has 0 atom stereocenters. The molecule has 6 nitrogen and oxygen atoms in total. The molecular weight excluding hydrogens is 403 g/mol. The van der Waals surface area contributed by atoms with Gasteiger partial charge >= 0.3 is 0 Å². The molecule has 0 aliphatic carbocycles. The Hall–Kier alpha value is -2.51. The first-order valence-electron chi connectivity index (χ1n) is 10.4. The number of rotatable bonds is 4. The van der Waals surface area contributed by atoms with Gasteiger partial charge in [-0.25, -0.2) is 9.37 Å². The number of hydrogen-bond donors (Lipinski definition) is 0. The topological polar surface area (TPSA) is 50.1 Å². The quantitative estimate of drug-likeness (QED) is 0.631. The Morgan fingerprint density at radius 1 is 1.07 bits per heavy atom. The molecule has 0 saturated carbocycles. The van der Waals surface area contributed by atoms with Crippen LogP contribution in [0.4, 0.5) is 10.2 Å². The van der Waals surface area contributed by atoms with Gasteiger partial charge in [0.15, 0.2) is 5.82 Å². The summed E-state index contributed by atoms with van der Waals surface area (Å²) in [4.78, 5) is 8.87. The minimum absolute atomic E-state index is 0.322. The van der Waals surface area contributed by atoms with E-state index in [1.165, 1.54) is 0 Å². The standard InChI is InChI=1S/C22H24ClFN6/c23-18-4-5-19-17(13-18)14-28(12-8-24)15-21-26-27-22(30(19)21)16-6-10-29(11-7-16)20-3-1-2-9-25-20/h1-5,9,13,16H,6-8,10-12,14-15H2. The molecule has 0 N–H and O–H groups in total. The van der Waals surface area contributed by atoms with Gasteiger partial charge in [0.1, 0.15) is 18.3 Å². The highest BCUT2D eigenvalue weighted by Gasteiger charge is 2.30. The van der Waals surface area contributed by atoms with Gasteiger partial charge in [0.2, 0.25) is 0 Å². The number of anilines is 1. The molecule has 0 amide bonds. The van der Waals surface area contributed by atoms with Crippen molar-refractivity contribution in [1.82, 2.24) is 24.6 Å². The predicted molar refractivity (Wildman–Crippen MR) is 115 cm³/mol. The van der Waals surface area contributed by atoms with Crippen LogP contribution in [0.1, 0.15) is 36.0 Å². The minimum Gasteiger partial charge on any atom is -0.357 e. The maximum Gasteiger partial charge on any atom is 0.151 e. The lowest BCUT2D eigenvalue weighted by molar-refractivity contribution is 0.230. The van der Waals surface area contributed by atoms with Gasteiger partial charge < -0.3 is 4.90 Å². The molecule has 0 unspecified atom stereocenters. The van der Waals surface area contributed by atoms with Gasteiger partial charge in [-0.2, -0.15) is 0 Å². The van der Waals surface area contributed by atoms with E-state index in [0.717, 1.165) is 54.6 Å². The number of piperidine rings is 1. The third kappa shape index (κ3) is 3.68. The molecule has 3 aromatic rings. The highest BCUT2D eigenvalue weighted by molar-refractivity contribution is 6.30. The van der Waals surface area contributed by atoms with Gasteiger partial charge in [-0.1, -0.05) is 17.7 Å². The number of fused-ring (bicyclic) bond motifs is 3. The van der Waals surface area contributed by atoms with Crippen molar-refractivity contribution in [3.05, 3.63) is 64.8 Å². The zero-order valence-electron chi connectivity index (χ0n) is 16.7. The first-order valence-corrected chi connectivity index (χ1v) is 10.8. The van der Waals surface area contributed by atoms with Crippen LogP contribution in [0.5, 0.6) is 0 Å². The van der Waals surface area contributed by atoms with E-state index in [1.807, 2.05) is 36.5 Å². The lowest BCUT2D eigenvalue weighted by Gasteiger charge is -2.32. The third-order valence-corrected chi connectivity index (χ3v) is 6.27. The summed E-state index contributed by atoms with van der Waals surface area (Å²) in [5.74, 6) is 3.21. The molecule has 4 heterocycles. The molecule has 1 fully saturated rings. The fraction of sp³-hybridized carbons (Fsp3) is 0.409. The first-order chi connectivity index (χ1) is 14.7. The van der Waals surface area contributed by atoms with E-state index in [0.29, 0.717) is 30.6 Å². The van der Waals surface area contributed by atoms with Crippen molar-refractivity contribution in [2.75, 3.05) is 31.2 Å². The Morgan fingerprint density at radius 3 is 2.70 bits per heavy atom. The largest absolute Gasteiger partial charge is 0.357 e. The normalized spacial score (nSPS) is 17.5. The number of aromatic nitrogens is 4. The van der Waals surface area contributed by atoms with Crippen molar-refractivity contribution >= 4 is 17.4 Å². The summed E-state index contributed by atoms with van der Waals surface area (Å²) in [5, 5.41) is 9.81. The van der Waals surface area contributed by atoms with E-state index >= 15 is 0 Å². The number of hydrogen-bond acceptors (Lipinski definition) is 5. The number of pyridine rings is 1. The monoisotopic (exact) mass is 426 g/mol. The molecule has 2 aliphatic rings. The number of alkyl halides is 1. The zero-order valence-corrected chi connectivity index (χ0v) is 17.5. The molecule has 8 heteroatoms. The van der Waals surface area contributed by atoms with Crippen LogP contribution in [-0.2, 0) is 13.1 Å². The van der Waals surface area contributed by atoms with Crippen LogP contribution < -0.4 is 4.90 Å². The van der Waals surface area contributed by atoms with Crippen molar-refractivity contribution in [2.45, 2.75) is 31.8 Å². The average molecular weight is 427 g/mol. The smallest absolute Gasteiger partial charge is 0.151 e. The Labute approximate surface area is 180 Å². The van der Waals surface area contributed by atoms with Crippen LogP contribution in [-0.4, -0.2) is 51.0 Å². The minimum atomic E-state index is -0.386. The van der Waals surface area contributed by atoms with Crippen molar-refractivity contribution in [2.24, 2.45) is 0 Å². The maximum absolute atomic E-state index is 13.1. The first kappa shape index (κ1) is 19.5. The highest BCUT2D eigenvalue weighted by Crippen LogP contribution is 2.34. The number of nitrogens with zero attached hydrogens (tertiary/aromatic N) is 6. The number of benzene rings is 1. The van der Waals surface area contributed by atoms with Gasteiger partial charge in [0, 0.05) is 43.3 Å². The van der Waals surface area contributed by atoms with Gasteiger partial charge in [-0.3, -0.25) is 9.47 Å². The summed E-state index contributed by atoms with van der Waals surface area (Å²) in [6.45, 7) is 3.09. The Balaban J connectivity index is 1.45. The Bertz CT molecular complexity index is 1020. The Morgan fingerprint density at radius 2 is 1.93 bits per heavy atom. The van der Waals surface area contributed by atoms with Gasteiger partial charge in [0.05, 0.1) is 12.2 Å². The van der Waals surface area contributed by atoms with Crippen LogP contribution in [0.3, 0.4) is 0 Å². The summed E-state index contributed by atoms with van der Waals surface area (Å²) in [5.41, 5.74) is 2.14. The summed E-state index contributed by atoms with van der Waals surface area (Å²) in [6, 6.07) is 11.9. The molecule has 1 saturated heterocycles. The van der Waals surface area contributed by atoms with E-state index in [1.54, 1.807) is 0 Å². The van der Waals surface area contributed by atoms with Gasteiger partial charge in [-0.05, 0) is 48.7 Å². The molecule has 156 valence electrons. The fourth-order valence-electron chi connectivity index (χ4n) is 4.54. The number of halogens is 2. The Kier molecular flexibility index (Phi) is 5.39. The van der Waals surface area contributed by atoms with E-state index < -0.39 is 0 Å². The van der Waals surface area contributed by atoms with Crippen LogP contribution in [0, 0.1) is 0 Å². The van der Waals surface area contributed by atoms with E-state index in [2.05, 4.69) is 35.6 Å². The second kappa shape index (κ2) is 8.32. The molecule has 0 bridgehead atoms. The van der Waals surface area contributed by atoms with Gasteiger partial charge in [-0.15, -0.1) is 10.2 Å². The lowest BCUT2D eigenvalue weighted by Crippen LogP contribution is -2.34. The molecule has 1 aromatic carbocycles. The van der Waals surface area contributed by atoms with Crippen molar-refractivity contribution in [3.63, 3.8) is 0 Å². The SMILES string of the molecule is FCCN1Cc2cc(Cl)ccc2-n2c(nnc2C2CCN(c3ccccn3)CC2)C1. The van der Waals surface area contributed by atoms with E-state index in [9.17, 15) is 4.39 Å². The molecule has 0 radical (unpaired) electrons. The van der Waals surface area contributed by atoms with E-state index in [-0.39, 0.29) is 6.67 Å². The molecule has 2 aliphatic heterocycles. The fourth-order valence-corrected chi connectivity index (χ4v) is 4.74. The van der Waals surface area contributed by atoms with Crippen LogP contribution >= 0.6 is 11.6 Å². The molecule has 2 aromatic heterocycles. The molecule has 5 rings (SSSR count). The second-order valence-electron chi connectivity index (χ2n) is 7.93. The van der Waals surface area contributed by atoms with Crippen LogP contribution in [0.25, 0.3) is 5.69 Å². The second-order valence-corrected chi connectivity index (χ2v) is 8.37. The maximum atomic E-state index is 13.1. The van der Waals surface area contributed by atoms with Gasteiger partial charge in [0.25, 0.3) is 0 Å². The summed E-state index contributed by atoms with van der Waals surface area (Å²) >= 11 is 6.27. The zero-order chi connectivity index (χ0) is 20.5. The summed E-state index contributed by atoms with van der Waals surface area (Å²) < 4.78 is 15.3. The molecule has 30 heavy (non-hydrogen) atoms. The van der Waals surface area contributed by atoms with Crippen molar-refractivity contribution in [1.29, 1.82) is 0 Å². The predicted octanol–water partition coefficient (Wildman–Crippen LogP) is 3.98. The summed E-state index contributed by atoms with van der Waals surface area (Å²) in [7, 11) is 0. The summed E-state index contributed by atoms with van der Waals surface area (Å²) in [6.07, 6.45) is 3.82. The lowest BCUT2D eigenvalue weighted by atomic mass is 9.95. The average Bonchev–Trinajstić information content (AvgIpc) is 3.11.